The number of rotatable bonds is 3. The van der Waals surface area contributed by atoms with E-state index in [1.165, 1.54) is 4.31 Å². The first-order valence-corrected chi connectivity index (χ1v) is 10.5. The molecule has 7 heteroatoms. The van der Waals surface area contributed by atoms with Gasteiger partial charge >= 0.3 is 0 Å². The third-order valence-corrected chi connectivity index (χ3v) is 7.20. The van der Waals surface area contributed by atoms with Gasteiger partial charge in [0.25, 0.3) is 5.91 Å². The molecule has 0 saturated carbocycles. The first-order chi connectivity index (χ1) is 12.6. The maximum absolute atomic E-state index is 13.2. The van der Waals surface area contributed by atoms with Gasteiger partial charge in [-0.3, -0.25) is 4.79 Å². The average molecular weight is 391 g/mol. The third kappa shape index (κ3) is 3.66. The molecule has 1 aromatic carbocycles. The van der Waals surface area contributed by atoms with Crippen molar-refractivity contribution in [2.45, 2.75) is 39.5 Å². The van der Waals surface area contributed by atoms with Crippen molar-refractivity contribution in [2.24, 2.45) is 0 Å². The van der Waals surface area contributed by atoms with Crippen LogP contribution in [-0.2, 0) is 10.0 Å². The molecule has 1 fully saturated rings. The Morgan fingerprint density at radius 3 is 1.96 bits per heavy atom. The molecule has 146 valence electrons. The maximum Gasteiger partial charge on any atom is 0.257 e. The summed E-state index contributed by atoms with van der Waals surface area (Å²) in [5.74, 6) is 1.19. The summed E-state index contributed by atoms with van der Waals surface area (Å²) in [5, 5.41) is 0. The molecule has 3 rings (SSSR count). The quantitative estimate of drug-likeness (QED) is 0.808. The minimum absolute atomic E-state index is 0.107. The van der Waals surface area contributed by atoms with Gasteiger partial charge in [0.2, 0.25) is 10.0 Å². The zero-order chi connectivity index (χ0) is 19.9. The minimum atomic E-state index is -3.58. The minimum Gasteiger partial charge on any atom is -0.466 e. The fourth-order valence-corrected chi connectivity index (χ4v) is 5.68. The van der Waals surface area contributed by atoms with Crippen LogP contribution in [0.1, 0.15) is 38.6 Å². The van der Waals surface area contributed by atoms with Crippen molar-refractivity contribution in [3.63, 3.8) is 0 Å². The molecule has 2 aromatic rings. The van der Waals surface area contributed by atoms with Gasteiger partial charge < -0.3 is 9.32 Å². The fraction of sp³-hybridized carbons (Fsp3) is 0.450. The molecule has 1 aliphatic heterocycles. The van der Waals surface area contributed by atoms with E-state index in [1.54, 1.807) is 24.8 Å². The monoisotopic (exact) mass is 390 g/mol. The molecule has 1 aliphatic rings. The molecule has 2 heterocycles. The molecule has 0 bridgehead atoms. The number of hydrogen-bond acceptors (Lipinski definition) is 4. The molecule has 0 N–H and O–H groups in total. The molecule has 1 saturated heterocycles. The Kier molecular flexibility index (Phi) is 5.18. The molecule has 6 nitrogen and oxygen atoms in total. The van der Waals surface area contributed by atoms with Crippen LogP contribution in [0, 0.1) is 34.6 Å². The predicted octanol–water partition coefficient (Wildman–Crippen LogP) is 2.97. The number of sulfonamides is 1. The molecule has 0 unspecified atom stereocenters. The molecule has 1 aromatic heterocycles. The second kappa shape index (κ2) is 7.13. The topological polar surface area (TPSA) is 70.8 Å². The van der Waals surface area contributed by atoms with E-state index in [1.807, 2.05) is 32.9 Å². The number of amides is 1. The number of carbonyl (C=O) groups is 1. The summed E-state index contributed by atoms with van der Waals surface area (Å²) in [5.41, 5.74) is 3.12. The lowest BCUT2D eigenvalue weighted by Gasteiger charge is -2.34. The SMILES string of the molecule is Cc1cc(C)c(S(=O)(=O)N2CCN(C(=O)c3cc(C)oc3C)CC2)c(C)c1. The van der Waals surface area contributed by atoms with Gasteiger partial charge in [-0.25, -0.2) is 8.42 Å². The van der Waals surface area contributed by atoms with Gasteiger partial charge in [-0.05, 0) is 51.8 Å². The second-order valence-electron chi connectivity index (χ2n) is 7.25. The number of carbonyl (C=O) groups excluding carboxylic acids is 1. The second-order valence-corrected chi connectivity index (χ2v) is 9.13. The third-order valence-electron chi connectivity index (χ3n) is 5.00. The van der Waals surface area contributed by atoms with Gasteiger partial charge in [-0.1, -0.05) is 17.7 Å². The van der Waals surface area contributed by atoms with Crippen LogP contribution in [0.15, 0.2) is 27.5 Å². The van der Waals surface area contributed by atoms with Crippen molar-refractivity contribution < 1.29 is 17.6 Å². The lowest BCUT2D eigenvalue weighted by Crippen LogP contribution is -2.50. The highest BCUT2D eigenvalue weighted by molar-refractivity contribution is 7.89. The van der Waals surface area contributed by atoms with Gasteiger partial charge in [0.1, 0.15) is 11.5 Å². The molecule has 0 atom stereocenters. The number of aryl methyl sites for hydroxylation is 5. The summed E-state index contributed by atoms with van der Waals surface area (Å²) in [6.07, 6.45) is 0. The molecule has 27 heavy (non-hydrogen) atoms. The van der Waals surface area contributed by atoms with Crippen LogP contribution in [0.5, 0.6) is 0 Å². The highest BCUT2D eigenvalue weighted by Crippen LogP contribution is 2.26. The Labute approximate surface area is 160 Å². The van der Waals surface area contributed by atoms with Gasteiger partial charge in [-0.15, -0.1) is 0 Å². The van der Waals surface area contributed by atoms with Crippen molar-refractivity contribution in [2.75, 3.05) is 26.2 Å². The van der Waals surface area contributed by atoms with E-state index in [-0.39, 0.29) is 19.0 Å². The van der Waals surface area contributed by atoms with E-state index in [0.717, 1.165) is 16.7 Å². The molecule has 0 radical (unpaired) electrons. The van der Waals surface area contributed by atoms with E-state index < -0.39 is 10.0 Å². The standard InChI is InChI=1S/C20H26N2O4S/c1-13-10-14(2)19(15(3)11-13)27(24,25)22-8-6-21(7-9-22)20(23)18-12-16(4)26-17(18)5/h10-12H,6-9H2,1-5H3. The van der Waals surface area contributed by atoms with Gasteiger partial charge in [0, 0.05) is 26.2 Å². The fourth-order valence-electron chi connectivity index (χ4n) is 3.85. The number of nitrogens with zero attached hydrogens (tertiary/aromatic N) is 2. The first-order valence-electron chi connectivity index (χ1n) is 9.05. The average Bonchev–Trinajstić information content (AvgIpc) is 2.91. The van der Waals surface area contributed by atoms with Crippen molar-refractivity contribution in [1.29, 1.82) is 0 Å². The number of piperazine rings is 1. The summed E-state index contributed by atoms with van der Waals surface area (Å²) in [6.45, 7) is 10.5. The van der Waals surface area contributed by atoms with E-state index >= 15 is 0 Å². The summed E-state index contributed by atoms with van der Waals surface area (Å²) in [6, 6.07) is 5.52. The van der Waals surface area contributed by atoms with Crippen LogP contribution in [0.25, 0.3) is 0 Å². The molecule has 1 amide bonds. The molecule has 0 aliphatic carbocycles. The lowest BCUT2D eigenvalue weighted by atomic mass is 10.1. The lowest BCUT2D eigenvalue weighted by molar-refractivity contribution is 0.0696. The number of benzene rings is 1. The van der Waals surface area contributed by atoms with Crippen molar-refractivity contribution >= 4 is 15.9 Å². The Balaban J connectivity index is 1.77. The summed E-state index contributed by atoms with van der Waals surface area (Å²) in [4.78, 5) is 14.8. The predicted molar refractivity (Wildman–Crippen MR) is 103 cm³/mol. The summed E-state index contributed by atoms with van der Waals surface area (Å²) >= 11 is 0. The molecular formula is C20H26N2O4S. The Hall–Kier alpha value is -2.12. The van der Waals surface area contributed by atoms with E-state index in [9.17, 15) is 13.2 Å². The van der Waals surface area contributed by atoms with Crippen LogP contribution in [-0.4, -0.2) is 49.7 Å². The summed E-state index contributed by atoms with van der Waals surface area (Å²) < 4.78 is 33.2. The van der Waals surface area contributed by atoms with Crippen LogP contribution >= 0.6 is 0 Å². The van der Waals surface area contributed by atoms with Crippen LogP contribution in [0.4, 0.5) is 0 Å². The Morgan fingerprint density at radius 2 is 1.48 bits per heavy atom. The van der Waals surface area contributed by atoms with Crippen LogP contribution in [0.3, 0.4) is 0 Å². The smallest absolute Gasteiger partial charge is 0.257 e. The maximum atomic E-state index is 13.2. The zero-order valence-electron chi connectivity index (χ0n) is 16.5. The normalized spacial score (nSPS) is 16.0. The van der Waals surface area contributed by atoms with Crippen LogP contribution in [0.2, 0.25) is 0 Å². The number of hydrogen-bond donors (Lipinski definition) is 0. The van der Waals surface area contributed by atoms with Gasteiger partial charge in [-0.2, -0.15) is 4.31 Å². The molecular weight excluding hydrogens is 364 g/mol. The Morgan fingerprint density at radius 1 is 0.926 bits per heavy atom. The number of furan rings is 1. The van der Waals surface area contributed by atoms with Crippen molar-refractivity contribution in [3.8, 4) is 0 Å². The van der Waals surface area contributed by atoms with E-state index in [4.69, 9.17) is 4.42 Å². The van der Waals surface area contributed by atoms with Gasteiger partial charge in [0.15, 0.2) is 0 Å². The highest BCUT2D eigenvalue weighted by Gasteiger charge is 2.33. The largest absolute Gasteiger partial charge is 0.466 e. The van der Waals surface area contributed by atoms with E-state index in [0.29, 0.717) is 35.1 Å². The summed E-state index contributed by atoms with van der Waals surface area (Å²) in [7, 11) is -3.58. The zero-order valence-corrected chi connectivity index (χ0v) is 17.3. The Bertz CT molecular complexity index is 960. The van der Waals surface area contributed by atoms with E-state index in [2.05, 4.69) is 0 Å². The van der Waals surface area contributed by atoms with Crippen molar-refractivity contribution in [3.05, 3.63) is 52.0 Å². The van der Waals surface area contributed by atoms with Crippen molar-refractivity contribution in [1.82, 2.24) is 9.21 Å². The van der Waals surface area contributed by atoms with Crippen LogP contribution < -0.4 is 0 Å². The molecule has 0 spiro atoms. The highest BCUT2D eigenvalue weighted by atomic mass is 32.2. The van der Waals surface area contributed by atoms with Gasteiger partial charge in [0.05, 0.1) is 10.5 Å². The first kappa shape index (κ1) is 19.6.